The number of ether oxygens (including phenoxy) is 2. The monoisotopic (exact) mass is 521 g/mol. The van der Waals surface area contributed by atoms with E-state index in [1.165, 1.54) is 36.2 Å². The number of nitrogens with zero attached hydrogens (tertiary/aromatic N) is 2. The number of carbonyl (C=O) groups excluding carboxylic acids is 1. The summed E-state index contributed by atoms with van der Waals surface area (Å²) in [5, 5.41) is 3.89. The molecule has 0 atom stereocenters. The van der Waals surface area contributed by atoms with Gasteiger partial charge in [-0.05, 0) is 36.4 Å². The lowest BCUT2D eigenvalue weighted by molar-refractivity contribution is -0.116. The van der Waals surface area contributed by atoms with E-state index in [2.05, 4.69) is 5.32 Å². The van der Waals surface area contributed by atoms with Crippen LogP contribution in [0.4, 0.5) is 5.69 Å². The SMILES string of the molecule is COc1ccc(NC(=O)Cn2c(=O)n(-c3cccc(Cl)c3)c(=O)c3sc4ccccc4c32)c(OC)c1. The average molecular weight is 522 g/mol. The van der Waals surface area contributed by atoms with Gasteiger partial charge in [-0.2, -0.15) is 0 Å². The highest BCUT2D eigenvalue weighted by Crippen LogP contribution is 2.32. The molecule has 0 radical (unpaired) electrons. The number of nitrogens with one attached hydrogen (secondary N) is 1. The molecule has 2 aromatic heterocycles. The van der Waals surface area contributed by atoms with Gasteiger partial charge in [0, 0.05) is 21.2 Å². The summed E-state index contributed by atoms with van der Waals surface area (Å²) in [6.07, 6.45) is 0. The van der Waals surface area contributed by atoms with E-state index in [-0.39, 0.29) is 6.54 Å². The van der Waals surface area contributed by atoms with Crippen LogP contribution in [-0.4, -0.2) is 29.3 Å². The minimum atomic E-state index is -0.643. The largest absolute Gasteiger partial charge is 0.497 e. The molecule has 3 aromatic carbocycles. The minimum absolute atomic E-state index is 0.322. The molecule has 5 aromatic rings. The number of halogens is 1. The predicted molar refractivity (Wildman–Crippen MR) is 142 cm³/mol. The third-order valence-corrected chi connectivity index (χ3v) is 7.09. The molecule has 36 heavy (non-hydrogen) atoms. The fraction of sp³-hybridized carbons (Fsp3) is 0.115. The third-order valence-electron chi connectivity index (χ3n) is 5.71. The molecule has 0 bridgehead atoms. The summed E-state index contributed by atoms with van der Waals surface area (Å²) >= 11 is 7.41. The number of fused-ring (bicyclic) bond motifs is 3. The second-order valence-corrected chi connectivity index (χ2v) is 9.37. The van der Waals surface area contributed by atoms with Crippen LogP contribution in [0.2, 0.25) is 5.02 Å². The summed E-state index contributed by atoms with van der Waals surface area (Å²) in [6.45, 7) is -0.327. The van der Waals surface area contributed by atoms with E-state index in [0.29, 0.717) is 38.1 Å². The first-order valence-corrected chi connectivity index (χ1v) is 12.1. The second-order valence-electron chi connectivity index (χ2n) is 7.88. The first-order valence-electron chi connectivity index (χ1n) is 10.9. The molecule has 0 aliphatic carbocycles. The van der Waals surface area contributed by atoms with Crippen molar-refractivity contribution in [2.45, 2.75) is 6.54 Å². The molecule has 0 saturated carbocycles. The topological polar surface area (TPSA) is 91.6 Å². The molecule has 182 valence electrons. The molecular weight excluding hydrogens is 502 g/mol. The van der Waals surface area contributed by atoms with Crippen LogP contribution >= 0.6 is 22.9 Å². The number of hydrogen-bond donors (Lipinski definition) is 1. The average Bonchev–Trinajstić information content (AvgIpc) is 3.27. The van der Waals surface area contributed by atoms with E-state index in [1.54, 1.807) is 36.4 Å². The zero-order valence-corrected chi connectivity index (χ0v) is 20.9. The number of amides is 1. The maximum atomic E-state index is 13.7. The van der Waals surface area contributed by atoms with Crippen molar-refractivity contribution in [3.63, 3.8) is 0 Å². The summed E-state index contributed by atoms with van der Waals surface area (Å²) in [5.41, 5.74) is 0.0524. The molecule has 0 unspecified atom stereocenters. The molecule has 2 heterocycles. The maximum absolute atomic E-state index is 13.7. The van der Waals surface area contributed by atoms with Gasteiger partial charge in [0.05, 0.1) is 31.1 Å². The van der Waals surface area contributed by atoms with Crippen molar-refractivity contribution in [1.82, 2.24) is 9.13 Å². The van der Waals surface area contributed by atoms with Crippen molar-refractivity contribution in [1.29, 1.82) is 0 Å². The molecule has 1 N–H and O–H groups in total. The number of hydrogen-bond acceptors (Lipinski definition) is 6. The van der Waals surface area contributed by atoms with Gasteiger partial charge in [0.25, 0.3) is 5.56 Å². The lowest BCUT2D eigenvalue weighted by Gasteiger charge is -2.14. The van der Waals surface area contributed by atoms with Crippen molar-refractivity contribution in [2.75, 3.05) is 19.5 Å². The summed E-state index contributed by atoms with van der Waals surface area (Å²) in [4.78, 5) is 40.4. The number of benzene rings is 3. The Labute approximate surface area is 213 Å². The van der Waals surface area contributed by atoms with Gasteiger partial charge in [-0.25, -0.2) is 9.36 Å². The van der Waals surface area contributed by atoms with E-state index < -0.39 is 17.2 Å². The van der Waals surface area contributed by atoms with Crippen molar-refractivity contribution in [3.8, 4) is 17.2 Å². The fourth-order valence-corrected chi connectivity index (χ4v) is 5.40. The molecule has 10 heteroatoms. The number of methoxy groups -OCH3 is 2. The zero-order chi connectivity index (χ0) is 25.4. The molecule has 0 aliphatic rings. The lowest BCUT2D eigenvalue weighted by atomic mass is 10.2. The lowest BCUT2D eigenvalue weighted by Crippen LogP contribution is -2.40. The molecule has 8 nitrogen and oxygen atoms in total. The van der Waals surface area contributed by atoms with Crippen LogP contribution in [0, 0.1) is 0 Å². The van der Waals surface area contributed by atoms with Gasteiger partial charge in [-0.15, -0.1) is 11.3 Å². The summed E-state index contributed by atoms with van der Waals surface area (Å²) in [7, 11) is 3.02. The standard InChI is InChI=1S/C26H20ClN3O5S/c1-34-17-10-11-19(20(13-17)35-2)28-22(31)14-29-23-18-8-3-4-9-21(18)36-24(23)25(32)30(26(29)33)16-7-5-6-15(27)12-16/h3-13H,14H2,1-2H3,(H,28,31). The van der Waals surface area contributed by atoms with Crippen LogP contribution in [0.5, 0.6) is 11.5 Å². The van der Waals surface area contributed by atoms with Crippen molar-refractivity contribution < 1.29 is 14.3 Å². The quantitative estimate of drug-likeness (QED) is 0.350. The Morgan fingerprint density at radius 1 is 1.00 bits per heavy atom. The van der Waals surface area contributed by atoms with Crippen LogP contribution in [0.25, 0.3) is 26.0 Å². The van der Waals surface area contributed by atoms with E-state index in [9.17, 15) is 14.4 Å². The van der Waals surface area contributed by atoms with E-state index in [4.69, 9.17) is 21.1 Å². The van der Waals surface area contributed by atoms with Gasteiger partial charge in [0.2, 0.25) is 5.91 Å². The Morgan fingerprint density at radius 2 is 1.81 bits per heavy atom. The second kappa shape index (κ2) is 9.52. The number of thiophene rings is 1. The number of anilines is 1. The van der Waals surface area contributed by atoms with E-state index >= 15 is 0 Å². The number of aromatic nitrogens is 2. The van der Waals surface area contributed by atoms with Gasteiger partial charge < -0.3 is 14.8 Å². The van der Waals surface area contributed by atoms with Gasteiger partial charge in [0.1, 0.15) is 22.7 Å². The Balaban J connectivity index is 1.67. The van der Waals surface area contributed by atoms with Crippen LogP contribution in [0.1, 0.15) is 0 Å². The third kappa shape index (κ3) is 4.12. The number of rotatable bonds is 6. The molecular formula is C26H20ClN3O5S. The Morgan fingerprint density at radius 3 is 2.56 bits per heavy atom. The highest BCUT2D eigenvalue weighted by Gasteiger charge is 2.21. The molecule has 0 spiro atoms. The molecule has 0 fully saturated rings. The van der Waals surface area contributed by atoms with Gasteiger partial charge in [0.15, 0.2) is 0 Å². The van der Waals surface area contributed by atoms with Gasteiger partial charge in [-0.3, -0.25) is 14.2 Å². The first-order chi connectivity index (χ1) is 17.4. The summed E-state index contributed by atoms with van der Waals surface area (Å²) in [5.74, 6) is 0.514. The van der Waals surface area contributed by atoms with Crippen LogP contribution in [0.15, 0.2) is 76.3 Å². The first kappa shape index (κ1) is 23.7. The molecule has 0 aliphatic heterocycles. The van der Waals surface area contributed by atoms with Crippen molar-refractivity contribution >= 4 is 54.8 Å². The maximum Gasteiger partial charge on any atom is 0.336 e. The van der Waals surface area contributed by atoms with Crippen molar-refractivity contribution in [2.24, 2.45) is 0 Å². The highest BCUT2D eigenvalue weighted by atomic mass is 35.5. The van der Waals surface area contributed by atoms with Crippen molar-refractivity contribution in [3.05, 3.63) is 92.6 Å². The summed E-state index contributed by atoms with van der Waals surface area (Å²) in [6, 6.07) is 18.9. The predicted octanol–water partition coefficient (Wildman–Crippen LogP) is 4.68. The molecule has 0 saturated heterocycles. The smallest absolute Gasteiger partial charge is 0.336 e. The van der Waals surface area contributed by atoms with Gasteiger partial charge >= 0.3 is 5.69 Å². The Bertz CT molecular complexity index is 1750. The zero-order valence-electron chi connectivity index (χ0n) is 19.3. The number of carbonyl (C=O) groups is 1. The van der Waals surface area contributed by atoms with E-state index in [0.717, 1.165) is 14.7 Å². The highest BCUT2D eigenvalue weighted by molar-refractivity contribution is 7.25. The summed E-state index contributed by atoms with van der Waals surface area (Å²) < 4.78 is 14.1. The molecule has 5 rings (SSSR count). The van der Waals surface area contributed by atoms with Crippen LogP contribution < -0.4 is 26.0 Å². The van der Waals surface area contributed by atoms with Crippen LogP contribution in [-0.2, 0) is 11.3 Å². The van der Waals surface area contributed by atoms with E-state index in [1.807, 2.05) is 24.3 Å². The molecule has 1 amide bonds. The van der Waals surface area contributed by atoms with Gasteiger partial charge in [-0.1, -0.05) is 35.9 Å². The normalized spacial score (nSPS) is 11.1. The van der Waals surface area contributed by atoms with Crippen LogP contribution in [0.3, 0.4) is 0 Å². The Hall–Kier alpha value is -4.08. The Kier molecular flexibility index (Phi) is 6.26. The minimum Gasteiger partial charge on any atom is -0.497 e. The fourth-order valence-electron chi connectivity index (χ4n) is 4.07.